The van der Waals surface area contributed by atoms with Crippen LogP contribution in [0.4, 0.5) is 0 Å². The van der Waals surface area contributed by atoms with Crippen LogP contribution in [0, 0.1) is 0 Å². The second-order valence-electron chi connectivity index (χ2n) is 6.46. The fourth-order valence-corrected chi connectivity index (χ4v) is 3.67. The molecule has 0 N–H and O–H groups in total. The standard InChI is InChI=1S/C23H20O3/c1-25-22(24)23(19-12-6-3-7-13-19)15-21-18(16-26-23)11-8-14-20(21)17-9-4-2-5-10-17/h2-14H,15-16H2,1H3. The van der Waals surface area contributed by atoms with Crippen molar-refractivity contribution < 1.29 is 14.3 Å². The van der Waals surface area contributed by atoms with Gasteiger partial charge in [-0.25, -0.2) is 4.79 Å². The number of carbonyl (C=O) groups is 1. The molecule has 0 aromatic heterocycles. The molecule has 0 saturated carbocycles. The summed E-state index contributed by atoms with van der Waals surface area (Å²) in [4.78, 5) is 12.8. The van der Waals surface area contributed by atoms with Crippen molar-refractivity contribution in [3.63, 3.8) is 0 Å². The molecule has 1 heterocycles. The maximum Gasteiger partial charge on any atom is 0.343 e. The van der Waals surface area contributed by atoms with E-state index < -0.39 is 5.60 Å². The van der Waals surface area contributed by atoms with Crippen LogP contribution < -0.4 is 0 Å². The topological polar surface area (TPSA) is 35.5 Å². The van der Waals surface area contributed by atoms with Crippen LogP contribution >= 0.6 is 0 Å². The SMILES string of the molecule is COC(=O)C1(c2ccccc2)Cc2c(cccc2-c2ccccc2)CO1. The van der Waals surface area contributed by atoms with E-state index in [1.807, 2.05) is 54.6 Å². The summed E-state index contributed by atoms with van der Waals surface area (Å²) in [6.45, 7) is 0.375. The fourth-order valence-electron chi connectivity index (χ4n) is 3.67. The molecule has 0 radical (unpaired) electrons. The molecular weight excluding hydrogens is 324 g/mol. The molecular formula is C23H20O3. The highest BCUT2D eigenvalue weighted by atomic mass is 16.6. The molecule has 0 saturated heterocycles. The number of hydrogen-bond acceptors (Lipinski definition) is 3. The first-order chi connectivity index (χ1) is 12.7. The van der Waals surface area contributed by atoms with Gasteiger partial charge < -0.3 is 9.47 Å². The molecule has 3 aromatic carbocycles. The van der Waals surface area contributed by atoms with Crippen molar-refractivity contribution in [3.8, 4) is 11.1 Å². The van der Waals surface area contributed by atoms with E-state index in [1.165, 1.54) is 7.11 Å². The predicted octanol–water partition coefficient (Wildman–Crippen LogP) is 4.49. The Hall–Kier alpha value is -2.91. The Bertz CT molecular complexity index is 919. The Kier molecular flexibility index (Phi) is 4.31. The summed E-state index contributed by atoms with van der Waals surface area (Å²) in [6, 6.07) is 26.1. The van der Waals surface area contributed by atoms with Crippen LogP contribution in [0.2, 0.25) is 0 Å². The highest BCUT2D eigenvalue weighted by Crippen LogP contribution is 2.41. The summed E-state index contributed by atoms with van der Waals surface area (Å²) in [6.07, 6.45) is 0.448. The third-order valence-electron chi connectivity index (χ3n) is 5.01. The minimum atomic E-state index is -1.12. The van der Waals surface area contributed by atoms with E-state index >= 15 is 0 Å². The largest absolute Gasteiger partial charge is 0.467 e. The Morgan fingerprint density at radius 2 is 1.62 bits per heavy atom. The number of methoxy groups -OCH3 is 1. The molecule has 26 heavy (non-hydrogen) atoms. The van der Waals surface area contributed by atoms with E-state index in [1.54, 1.807) is 0 Å². The number of ether oxygens (including phenoxy) is 2. The number of hydrogen-bond donors (Lipinski definition) is 0. The maximum absolute atomic E-state index is 12.8. The van der Waals surface area contributed by atoms with Crippen LogP contribution in [0.5, 0.6) is 0 Å². The molecule has 0 amide bonds. The molecule has 4 rings (SSSR count). The van der Waals surface area contributed by atoms with Gasteiger partial charge in [-0.1, -0.05) is 78.9 Å². The average Bonchev–Trinajstić information content (AvgIpc) is 2.73. The van der Waals surface area contributed by atoms with Gasteiger partial charge in [0.25, 0.3) is 0 Å². The van der Waals surface area contributed by atoms with Crippen LogP contribution in [-0.2, 0) is 32.9 Å². The van der Waals surface area contributed by atoms with E-state index in [2.05, 4.69) is 24.3 Å². The highest BCUT2D eigenvalue weighted by Gasteiger charge is 2.46. The lowest BCUT2D eigenvalue weighted by atomic mass is 9.80. The highest BCUT2D eigenvalue weighted by molar-refractivity contribution is 5.83. The third-order valence-corrected chi connectivity index (χ3v) is 5.01. The van der Waals surface area contributed by atoms with Gasteiger partial charge >= 0.3 is 5.97 Å². The normalized spacial score (nSPS) is 18.8. The van der Waals surface area contributed by atoms with Crippen LogP contribution in [0.25, 0.3) is 11.1 Å². The van der Waals surface area contributed by atoms with E-state index in [0.717, 1.165) is 27.8 Å². The fraction of sp³-hybridized carbons (Fsp3) is 0.174. The second-order valence-corrected chi connectivity index (χ2v) is 6.46. The van der Waals surface area contributed by atoms with Crippen molar-refractivity contribution in [2.24, 2.45) is 0 Å². The number of fused-ring (bicyclic) bond motifs is 1. The molecule has 3 nitrogen and oxygen atoms in total. The van der Waals surface area contributed by atoms with Crippen molar-refractivity contribution in [2.45, 2.75) is 18.6 Å². The van der Waals surface area contributed by atoms with Gasteiger partial charge in [-0.2, -0.15) is 0 Å². The Morgan fingerprint density at radius 1 is 0.923 bits per heavy atom. The van der Waals surface area contributed by atoms with E-state index in [4.69, 9.17) is 9.47 Å². The van der Waals surface area contributed by atoms with Crippen molar-refractivity contribution in [2.75, 3.05) is 7.11 Å². The number of carbonyl (C=O) groups excluding carboxylic acids is 1. The molecule has 3 heteroatoms. The van der Waals surface area contributed by atoms with Crippen molar-refractivity contribution in [3.05, 3.63) is 95.6 Å². The minimum Gasteiger partial charge on any atom is -0.467 e. The van der Waals surface area contributed by atoms with Gasteiger partial charge in [-0.05, 0) is 27.8 Å². The van der Waals surface area contributed by atoms with Gasteiger partial charge in [0.05, 0.1) is 13.7 Å². The summed E-state index contributed by atoms with van der Waals surface area (Å²) in [5, 5.41) is 0. The molecule has 0 bridgehead atoms. The van der Waals surface area contributed by atoms with Gasteiger partial charge in [0.15, 0.2) is 5.60 Å². The van der Waals surface area contributed by atoms with Gasteiger partial charge in [-0.15, -0.1) is 0 Å². The van der Waals surface area contributed by atoms with Crippen LogP contribution in [0.3, 0.4) is 0 Å². The van der Waals surface area contributed by atoms with Crippen LogP contribution in [-0.4, -0.2) is 13.1 Å². The number of benzene rings is 3. The van der Waals surface area contributed by atoms with Gasteiger partial charge in [0.2, 0.25) is 0 Å². The Labute approximate surface area is 153 Å². The monoisotopic (exact) mass is 344 g/mol. The van der Waals surface area contributed by atoms with E-state index in [9.17, 15) is 4.79 Å². The van der Waals surface area contributed by atoms with Crippen LogP contribution in [0.1, 0.15) is 16.7 Å². The van der Waals surface area contributed by atoms with Crippen molar-refractivity contribution in [1.82, 2.24) is 0 Å². The lowest BCUT2D eigenvalue weighted by molar-refractivity contribution is -0.175. The van der Waals surface area contributed by atoms with Gasteiger partial charge in [-0.3, -0.25) is 0 Å². The second kappa shape index (κ2) is 6.77. The number of esters is 1. The lowest BCUT2D eigenvalue weighted by Gasteiger charge is -2.37. The first kappa shape index (κ1) is 16.6. The smallest absolute Gasteiger partial charge is 0.343 e. The molecule has 0 spiro atoms. The zero-order valence-electron chi connectivity index (χ0n) is 14.6. The molecule has 1 aliphatic heterocycles. The first-order valence-electron chi connectivity index (χ1n) is 8.69. The minimum absolute atomic E-state index is 0.364. The Morgan fingerprint density at radius 3 is 2.31 bits per heavy atom. The third kappa shape index (κ3) is 2.71. The maximum atomic E-state index is 12.8. The zero-order valence-corrected chi connectivity index (χ0v) is 14.6. The predicted molar refractivity (Wildman–Crippen MR) is 101 cm³/mol. The molecule has 0 fully saturated rings. The Balaban J connectivity index is 1.87. The quantitative estimate of drug-likeness (QED) is 0.657. The molecule has 0 aliphatic carbocycles. The zero-order chi connectivity index (χ0) is 18.0. The van der Waals surface area contributed by atoms with Gasteiger partial charge in [0, 0.05) is 6.42 Å². The first-order valence-corrected chi connectivity index (χ1v) is 8.69. The average molecular weight is 344 g/mol. The lowest BCUT2D eigenvalue weighted by Crippen LogP contribution is -2.44. The van der Waals surface area contributed by atoms with Crippen LogP contribution in [0.15, 0.2) is 78.9 Å². The molecule has 1 unspecified atom stereocenters. The summed E-state index contributed by atoms with van der Waals surface area (Å²) in [5.41, 5.74) is 4.23. The van der Waals surface area contributed by atoms with Gasteiger partial charge in [0.1, 0.15) is 0 Å². The molecule has 3 aromatic rings. The molecule has 130 valence electrons. The summed E-state index contributed by atoms with van der Waals surface area (Å²) in [5.74, 6) is -0.364. The van der Waals surface area contributed by atoms with Crippen molar-refractivity contribution in [1.29, 1.82) is 0 Å². The van der Waals surface area contributed by atoms with E-state index in [0.29, 0.717) is 13.0 Å². The van der Waals surface area contributed by atoms with E-state index in [-0.39, 0.29) is 5.97 Å². The summed E-state index contributed by atoms with van der Waals surface area (Å²) in [7, 11) is 1.41. The summed E-state index contributed by atoms with van der Waals surface area (Å²) >= 11 is 0. The summed E-state index contributed by atoms with van der Waals surface area (Å²) < 4.78 is 11.3. The molecule has 1 atom stereocenters. The molecule has 1 aliphatic rings. The number of rotatable bonds is 3. The van der Waals surface area contributed by atoms with Crippen molar-refractivity contribution >= 4 is 5.97 Å².